The number of allylic oxidation sites excluding steroid dienone is 2. The van der Waals surface area contributed by atoms with E-state index in [4.69, 9.17) is 0 Å². The molecule has 0 saturated heterocycles. The zero-order valence-electron chi connectivity index (χ0n) is 8.91. The van der Waals surface area contributed by atoms with Crippen molar-refractivity contribution in [2.45, 2.75) is 60.3 Å². The van der Waals surface area contributed by atoms with Crippen LogP contribution in [0.1, 0.15) is 60.3 Å². The van der Waals surface area contributed by atoms with Crippen molar-refractivity contribution < 1.29 is 0 Å². The molecule has 1 aliphatic rings. The molecule has 0 atom stereocenters. The van der Waals surface area contributed by atoms with Crippen LogP contribution in [0.3, 0.4) is 0 Å². The molecular formula is C11H24. The second-order valence-electron chi connectivity index (χ2n) is 3.00. The van der Waals surface area contributed by atoms with E-state index in [9.17, 15) is 0 Å². The molecule has 0 nitrogen and oxygen atoms in total. The Morgan fingerprint density at radius 3 is 1.27 bits per heavy atom. The van der Waals surface area contributed by atoms with Crippen molar-refractivity contribution in [2.75, 3.05) is 0 Å². The van der Waals surface area contributed by atoms with E-state index in [-0.39, 0.29) is 0 Å². The van der Waals surface area contributed by atoms with Crippen LogP contribution in [0.2, 0.25) is 0 Å². The SMILES string of the molecule is CC1=CCC1.CCC.CCC. The van der Waals surface area contributed by atoms with Crippen LogP contribution in [0.25, 0.3) is 0 Å². The molecule has 0 bridgehead atoms. The van der Waals surface area contributed by atoms with Gasteiger partial charge in [-0.15, -0.1) is 0 Å². The third kappa shape index (κ3) is 17.7. The summed E-state index contributed by atoms with van der Waals surface area (Å²) in [4.78, 5) is 0. The Labute approximate surface area is 72.7 Å². The van der Waals surface area contributed by atoms with Crippen molar-refractivity contribution in [3.63, 3.8) is 0 Å². The molecule has 0 saturated carbocycles. The van der Waals surface area contributed by atoms with E-state index < -0.39 is 0 Å². The van der Waals surface area contributed by atoms with Gasteiger partial charge in [0.25, 0.3) is 0 Å². The maximum atomic E-state index is 2.26. The van der Waals surface area contributed by atoms with E-state index in [1.165, 1.54) is 25.7 Å². The van der Waals surface area contributed by atoms with Gasteiger partial charge in [0, 0.05) is 0 Å². The van der Waals surface area contributed by atoms with Crippen molar-refractivity contribution >= 4 is 0 Å². The topological polar surface area (TPSA) is 0 Å². The average molecular weight is 156 g/mol. The van der Waals surface area contributed by atoms with Crippen LogP contribution in [0.4, 0.5) is 0 Å². The Bertz CT molecular complexity index is 78.0. The maximum Gasteiger partial charge on any atom is -0.0288 e. The number of hydrogen-bond acceptors (Lipinski definition) is 0. The van der Waals surface area contributed by atoms with Gasteiger partial charge in [-0.2, -0.15) is 0 Å². The monoisotopic (exact) mass is 156 g/mol. The molecule has 1 aliphatic carbocycles. The highest BCUT2D eigenvalue weighted by atomic mass is 14.0. The van der Waals surface area contributed by atoms with Crippen LogP contribution >= 0.6 is 0 Å². The molecule has 0 spiro atoms. The Balaban J connectivity index is 0. The summed E-state index contributed by atoms with van der Waals surface area (Å²) in [6.45, 7) is 10.7. The lowest BCUT2D eigenvalue weighted by molar-refractivity contribution is 0.875. The van der Waals surface area contributed by atoms with E-state index in [1.54, 1.807) is 5.57 Å². The Morgan fingerprint density at radius 2 is 1.27 bits per heavy atom. The largest absolute Gasteiger partial charge is 0.0853 e. The second-order valence-corrected chi connectivity index (χ2v) is 3.00. The van der Waals surface area contributed by atoms with Gasteiger partial charge in [-0.25, -0.2) is 0 Å². The first-order valence-electron chi connectivity index (χ1n) is 4.88. The van der Waals surface area contributed by atoms with Crippen molar-refractivity contribution in [1.29, 1.82) is 0 Å². The maximum absolute atomic E-state index is 2.26. The molecule has 0 amide bonds. The summed E-state index contributed by atoms with van der Waals surface area (Å²) < 4.78 is 0. The smallest absolute Gasteiger partial charge is 0.0288 e. The highest BCUT2D eigenvalue weighted by Gasteiger charge is 1.94. The predicted molar refractivity (Wildman–Crippen MR) is 54.9 cm³/mol. The van der Waals surface area contributed by atoms with Gasteiger partial charge < -0.3 is 0 Å². The van der Waals surface area contributed by atoms with Crippen LogP contribution in [0.5, 0.6) is 0 Å². The van der Waals surface area contributed by atoms with Gasteiger partial charge >= 0.3 is 0 Å². The van der Waals surface area contributed by atoms with E-state index in [2.05, 4.69) is 40.7 Å². The fraction of sp³-hybridized carbons (Fsp3) is 0.818. The van der Waals surface area contributed by atoms with Gasteiger partial charge in [-0.05, 0) is 19.8 Å². The zero-order valence-corrected chi connectivity index (χ0v) is 8.91. The summed E-state index contributed by atoms with van der Waals surface area (Å²) in [6, 6.07) is 0. The first-order chi connectivity index (χ1) is 5.22. The zero-order chi connectivity index (χ0) is 9.11. The van der Waals surface area contributed by atoms with Gasteiger partial charge in [-0.1, -0.05) is 52.2 Å². The normalized spacial score (nSPS) is 12.6. The summed E-state index contributed by atoms with van der Waals surface area (Å²) in [6.07, 6.45) is 7.44. The molecule has 0 N–H and O–H groups in total. The highest BCUT2D eigenvalue weighted by Crippen LogP contribution is 2.14. The molecule has 1 rings (SSSR count). The number of rotatable bonds is 0. The summed E-state index contributed by atoms with van der Waals surface area (Å²) in [7, 11) is 0. The lowest BCUT2D eigenvalue weighted by atomic mass is 10.0. The molecule has 0 radical (unpaired) electrons. The molecule has 0 aromatic heterocycles. The molecule has 11 heavy (non-hydrogen) atoms. The van der Waals surface area contributed by atoms with Gasteiger partial charge in [0.15, 0.2) is 0 Å². The molecule has 0 unspecified atom stereocenters. The summed E-state index contributed by atoms with van der Waals surface area (Å²) in [5.41, 5.74) is 1.56. The van der Waals surface area contributed by atoms with Crippen molar-refractivity contribution in [3.05, 3.63) is 11.6 Å². The van der Waals surface area contributed by atoms with E-state index in [0.29, 0.717) is 0 Å². The van der Waals surface area contributed by atoms with Crippen molar-refractivity contribution in [3.8, 4) is 0 Å². The lowest BCUT2D eigenvalue weighted by Gasteiger charge is -2.05. The van der Waals surface area contributed by atoms with Gasteiger partial charge in [0.05, 0.1) is 0 Å². The fourth-order valence-electron chi connectivity index (χ4n) is 0.433. The van der Waals surface area contributed by atoms with Crippen LogP contribution in [0.15, 0.2) is 11.6 Å². The molecule has 0 heterocycles. The van der Waals surface area contributed by atoms with E-state index >= 15 is 0 Å². The first-order valence-corrected chi connectivity index (χ1v) is 4.88. The van der Waals surface area contributed by atoms with Gasteiger partial charge in [0.2, 0.25) is 0 Å². The summed E-state index contributed by atoms with van der Waals surface area (Å²) >= 11 is 0. The van der Waals surface area contributed by atoms with Crippen LogP contribution in [-0.2, 0) is 0 Å². The average Bonchev–Trinajstić information content (AvgIpc) is 1.87. The third-order valence-corrected chi connectivity index (χ3v) is 1.03. The first kappa shape index (κ1) is 13.3. The molecule has 0 heteroatoms. The molecule has 0 aliphatic heterocycles. The molecule has 0 aromatic carbocycles. The Morgan fingerprint density at radius 1 is 1.09 bits per heavy atom. The van der Waals surface area contributed by atoms with Crippen LogP contribution < -0.4 is 0 Å². The van der Waals surface area contributed by atoms with Crippen LogP contribution in [0, 0.1) is 0 Å². The lowest BCUT2D eigenvalue weighted by Crippen LogP contribution is -1.84. The fourth-order valence-corrected chi connectivity index (χ4v) is 0.433. The van der Waals surface area contributed by atoms with Crippen molar-refractivity contribution in [1.82, 2.24) is 0 Å². The van der Waals surface area contributed by atoms with Crippen molar-refractivity contribution in [2.24, 2.45) is 0 Å². The second kappa shape index (κ2) is 12.4. The van der Waals surface area contributed by atoms with Crippen LogP contribution in [-0.4, -0.2) is 0 Å². The minimum atomic E-state index is 1.25. The Hall–Kier alpha value is -0.260. The van der Waals surface area contributed by atoms with E-state index in [1.807, 2.05) is 0 Å². The molecular weight excluding hydrogens is 132 g/mol. The minimum absolute atomic E-state index is 1.25. The molecule has 0 aromatic rings. The predicted octanol–water partition coefficient (Wildman–Crippen LogP) is 4.56. The highest BCUT2D eigenvalue weighted by molar-refractivity contribution is 5.07. The minimum Gasteiger partial charge on any atom is -0.0853 e. The molecule has 68 valence electrons. The third-order valence-electron chi connectivity index (χ3n) is 1.03. The standard InChI is InChI=1S/C5H8.2C3H8/c1-5-3-2-4-5;2*1-3-2/h3H,2,4H2,1H3;2*3H2,1-2H3. The van der Waals surface area contributed by atoms with E-state index in [0.717, 1.165) is 0 Å². The molecule has 0 fully saturated rings. The summed E-state index contributed by atoms with van der Waals surface area (Å²) in [5, 5.41) is 0. The summed E-state index contributed by atoms with van der Waals surface area (Å²) in [5.74, 6) is 0. The number of hydrogen-bond donors (Lipinski definition) is 0. The quantitative estimate of drug-likeness (QED) is 0.451. The Kier molecular flexibility index (Phi) is 15.1. The van der Waals surface area contributed by atoms with Gasteiger partial charge in [0.1, 0.15) is 0 Å². The van der Waals surface area contributed by atoms with Gasteiger partial charge in [-0.3, -0.25) is 0 Å².